The van der Waals surface area contributed by atoms with Crippen LogP contribution in [0.2, 0.25) is 0 Å². The second-order valence-electron chi connectivity index (χ2n) is 4.47. The molecular weight excluding hydrogens is 236 g/mol. The molecule has 1 aromatic carbocycles. The fourth-order valence-corrected chi connectivity index (χ4v) is 1.39. The molecule has 0 aromatic heterocycles. The zero-order valence-electron chi connectivity index (χ0n) is 9.94. The van der Waals surface area contributed by atoms with Gasteiger partial charge in [-0.1, -0.05) is 0 Å². The third-order valence-electron chi connectivity index (χ3n) is 1.76. The summed E-state index contributed by atoms with van der Waals surface area (Å²) < 4.78 is 5.10. The monoisotopic (exact) mass is 250 g/mol. The molecule has 0 aliphatic rings. The normalized spacial score (nSPS) is 10.5. The number of nitrogens with zero attached hydrogens (tertiary/aromatic N) is 1. The minimum atomic E-state index is -0.548. The van der Waals surface area contributed by atoms with Crippen molar-refractivity contribution in [3.05, 3.63) is 23.8 Å². The fraction of sp³-hybridized carbons (Fsp3) is 0.333. The molecule has 1 rings (SSSR count). The van der Waals surface area contributed by atoms with Crippen molar-refractivity contribution in [1.82, 2.24) is 0 Å². The number of benzene rings is 1. The molecule has 0 heterocycles. The second-order valence-corrected chi connectivity index (χ2v) is 4.95. The lowest BCUT2D eigenvalue weighted by Crippen LogP contribution is -2.27. The summed E-state index contributed by atoms with van der Waals surface area (Å²) in [5.74, 6) is 0. The SMILES string of the molecule is CC(C)(C)OC(=O)Nc1ccc(C#N)cc1S. The molecule has 90 valence electrons. The maximum atomic E-state index is 11.5. The number of anilines is 1. The molecule has 1 aromatic rings. The molecule has 1 amide bonds. The zero-order valence-corrected chi connectivity index (χ0v) is 10.8. The van der Waals surface area contributed by atoms with E-state index < -0.39 is 11.7 Å². The van der Waals surface area contributed by atoms with E-state index in [4.69, 9.17) is 10.00 Å². The third-order valence-corrected chi connectivity index (χ3v) is 2.13. The van der Waals surface area contributed by atoms with Gasteiger partial charge in [0.25, 0.3) is 0 Å². The Morgan fingerprint density at radius 2 is 2.12 bits per heavy atom. The number of ether oxygens (including phenoxy) is 1. The maximum absolute atomic E-state index is 11.5. The molecular formula is C12H14N2O2S. The van der Waals surface area contributed by atoms with Gasteiger partial charge >= 0.3 is 6.09 Å². The van der Waals surface area contributed by atoms with E-state index in [1.54, 1.807) is 39.0 Å². The molecule has 0 aliphatic carbocycles. The summed E-state index contributed by atoms with van der Waals surface area (Å²) in [6, 6.07) is 6.79. The Hall–Kier alpha value is -1.67. The number of rotatable bonds is 1. The second kappa shape index (κ2) is 5.11. The minimum absolute atomic E-state index is 0.490. The molecule has 0 atom stereocenters. The van der Waals surface area contributed by atoms with E-state index in [-0.39, 0.29) is 0 Å². The van der Waals surface area contributed by atoms with Crippen molar-refractivity contribution in [2.45, 2.75) is 31.3 Å². The Balaban J connectivity index is 2.76. The lowest BCUT2D eigenvalue weighted by molar-refractivity contribution is 0.0635. The van der Waals surface area contributed by atoms with E-state index in [1.165, 1.54) is 0 Å². The smallest absolute Gasteiger partial charge is 0.412 e. The highest BCUT2D eigenvalue weighted by atomic mass is 32.1. The van der Waals surface area contributed by atoms with Crippen LogP contribution >= 0.6 is 12.6 Å². The van der Waals surface area contributed by atoms with Crippen molar-refractivity contribution in [1.29, 1.82) is 5.26 Å². The Kier molecular flexibility index (Phi) is 4.02. The summed E-state index contributed by atoms with van der Waals surface area (Å²) in [6.07, 6.45) is -0.544. The first-order chi connectivity index (χ1) is 7.81. The van der Waals surface area contributed by atoms with Crippen LogP contribution in [0.15, 0.2) is 23.1 Å². The van der Waals surface area contributed by atoms with Crippen LogP contribution < -0.4 is 5.32 Å². The van der Waals surface area contributed by atoms with Gasteiger partial charge in [0.15, 0.2) is 0 Å². The van der Waals surface area contributed by atoms with Crippen LogP contribution in [0.3, 0.4) is 0 Å². The number of carbonyl (C=O) groups is 1. The van der Waals surface area contributed by atoms with Crippen molar-refractivity contribution in [2.75, 3.05) is 5.32 Å². The highest BCUT2D eigenvalue weighted by Gasteiger charge is 2.16. The van der Waals surface area contributed by atoms with Gasteiger partial charge in [0, 0.05) is 4.90 Å². The minimum Gasteiger partial charge on any atom is -0.444 e. The number of hydrogen-bond donors (Lipinski definition) is 2. The number of amides is 1. The van der Waals surface area contributed by atoms with Crippen molar-refractivity contribution >= 4 is 24.4 Å². The van der Waals surface area contributed by atoms with Crippen LogP contribution in [0.1, 0.15) is 26.3 Å². The van der Waals surface area contributed by atoms with Crippen molar-refractivity contribution in [3.63, 3.8) is 0 Å². The molecule has 0 radical (unpaired) electrons. The van der Waals surface area contributed by atoms with Crippen LogP contribution in [-0.2, 0) is 4.74 Å². The quantitative estimate of drug-likeness (QED) is 0.752. The summed E-state index contributed by atoms with van der Waals surface area (Å²) >= 11 is 4.19. The Bertz CT molecular complexity index is 472. The standard InChI is InChI=1S/C12H14N2O2S/c1-12(2,3)16-11(15)14-9-5-4-8(7-13)6-10(9)17/h4-6,17H,1-3H3,(H,14,15). The Labute approximate surface area is 106 Å². The van der Waals surface area contributed by atoms with Gasteiger partial charge in [0.05, 0.1) is 17.3 Å². The lowest BCUT2D eigenvalue weighted by atomic mass is 10.2. The largest absolute Gasteiger partial charge is 0.444 e. The van der Waals surface area contributed by atoms with Crippen LogP contribution in [0.5, 0.6) is 0 Å². The van der Waals surface area contributed by atoms with E-state index in [9.17, 15) is 4.79 Å². The van der Waals surface area contributed by atoms with E-state index in [0.29, 0.717) is 16.1 Å². The topological polar surface area (TPSA) is 62.1 Å². The molecule has 1 N–H and O–H groups in total. The molecule has 0 unspecified atom stereocenters. The van der Waals surface area contributed by atoms with Gasteiger partial charge < -0.3 is 4.74 Å². The molecule has 4 nitrogen and oxygen atoms in total. The summed E-state index contributed by atoms with van der Waals surface area (Å²) in [6.45, 7) is 5.35. The predicted molar refractivity (Wildman–Crippen MR) is 68.3 cm³/mol. The predicted octanol–water partition coefficient (Wildman–Crippen LogP) is 3.19. The van der Waals surface area contributed by atoms with Crippen LogP contribution in [-0.4, -0.2) is 11.7 Å². The van der Waals surface area contributed by atoms with Gasteiger partial charge in [0.1, 0.15) is 5.60 Å². The van der Waals surface area contributed by atoms with Crippen molar-refractivity contribution < 1.29 is 9.53 Å². The number of nitrogens with one attached hydrogen (secondary N) is 1. The number of thiol groups is 1. The average Bonchev–Trinajstić information content (AvgIpc) is 2.18. The van der Waals surface area contributed by atoms with Crippen molar-refractivity contribution in [3.8, 4) is 6.07 Å². The van der Waals surface area contributed by atoms with Gasteiger partial charge in [0.2, 0.25) is 0 Å². The first-order valence-corrected chi connectivity index (χ1v) is 5.49. The summed E-state index contributed by atoms with van der Waals surface area (Å²) in [7, 11) is 0. The first kappa shape index (κ1) is 13.4. The van der Waals surface area contributed by atoms with Crippen molar-refractivity contribution in [2.24, 2.45) is 0 Å². The number of nitriles is 1. The number of hydrogen-bond acceptors (Lipinski definition) is 4. The summed E-state index contributed by atoms with van der Waals surface area (Å²) in [5, 5.41) is 11.3. The molecule has 0 fully saturated rings. The Morgan fingerprint density at radius 1 is 1.47 bits per heavy atom. The van der Waals surface area contributed by atoms with Gasteiger partial charge in [-0.05, 0) is 39.0 Å². The zero-order chi connectivity index (χ0) is 13.1. The molecule has 17 heavy (non-hydrogen) atoms. The molecule has 0 spiro atoms. The molecule has 0 bridgehead atoms. The van der Waals surface area contributed by atoms with Gasteiger partial charge in [-0.3, -0.25) is 5.32 Å². The highest BCUT2D eigenvalue weighted by molar-refractivity contribution is 7.80. The fourth-order valence-electron chi connectivity index (χ4n) is 1.12. The molecule has 0 saturated carbocycles. The molecule has 0 saturated heterocycles. The van der Waals surface area contributed by atoms with Crippen LogP contribution in [0.25, 0.3) is 0 Å². The van der Waals surface area contributed by atoms with Crippen LogP contribution in [0.4, 0.5) is 10.5 Å². The van der Waals surface area contributed by atoms with E-state index in [1.807, 2.05) is 6.07 Å². The molecule has 0 aliphatic heterocycles. The van der Waals surface area contributed by atoms with Gasteiger partial charge in [-0.15, -0.1) is 12.6 Å². The molecule has 5 heteroatoms. The first-order valence-electron chi connectivity index (χ1n) is 5.05. The van der Waals surface area contributed by atoms with Gasteiger partial charge in [-0.2, -0.15) is 5.26 Å². The van der Waals surface area contributed by atoms with Crippen LogP contribution in [0, 0.1) is 11.3 Å². The average molecular weight is 250 g/mol. The third kappa shape index (κ3) is 4.37. The summed E-state index contributed by atoms with van der Waals surface area (Å²) in [5.41, 5.74) is 0.458. The highest BCUT2D eigenvalue weighted by Crippen LogP contribution is 2.21. The van der Waals surface area contributed by atoms with E-state index in [0.717, 1.165) is 0 Å². The van der Waals surface area contributed by atoms with E-state index >= 15 is 0 Å². The lowest BCUT2D eigenvalue weighted by Gasteiger charge is -2.20. The number of carbonyl (C=O) groups excluding carboxylic acids is 1. The summed E-state index contributed by atoms with van der Waals surface area (Å²) in [4.78, 5) is 12.0. The Morgan fingerprint density at radius 3 is 2.59 bits per heavy atom. The van der Waals surface area contributed by atoms with E-state index in [2.05, 4.69) is 17.9 Å². The maximum Gasteiger partial charge on any atom is 0.412 e. The van der Waals surface area contributed by atoms with Gasteiger partial charge in [-0.25, -0.2) is 4.79 Å².